The predicted octanol–water partition coefficient (Wildman–Crippen LogP) is 1.33. The van der Waals surface area contributed by atoms with Crippen LogP contribution >= 0.6 is 0 Å². The molecule has 1 saturated carbocycles. The Hall–Kier alpha value is -1.10. The number of hydrogen-bond donors (Lipinski definition) is 2. The van der Waals surface area contributed by atoms with Gasteiger partial charge in [-0.05, 0) is 50.6 Å². The molecule has 118 valence electrons. The van der Waals surface area contributed by atoms with E-state index in [-0.39, 0.29) is 17.9 Å². The van der Waals surface area contributed by atoms with Gasteiger partial charge in [0.25, 0.3) is 0 Å². The lowest BCUT2D eigenvalue weighted by Gasteiger charge is -2.45. The quantitative estimate of drug-likeness (QED) is 0.821. The zero-order valence-corrected chi connectivity index (χ0v) is 12.8. The van der Waals surface area contributed by atoms with E-state index in [1.165, 1.54) is 0 Å². The first-order chi connectivity index (χ1) is 10.1. The van der Waals surface area contributed by atoms with Crippen LogP contribution in [0.5, 0.6) is 0 Å². The van der Waals surface area contributed by atoms with Gasteiger partial charge in [0.2, 0.25) is 5.91 Å². The monoisotopic (exact) mass is 294 g/mol. The van der Waals surface area contributed by atoms with Crippen LogP contribution in [0.4, 0.5) is 0 Å². The predicted molar refractivity (Wildman–Crippen MR) is 78.7 cm³/mol. The minimum absolute atomic E-state index is 0.0166. The number of carboxylic acid groups (broad SMARTS) is 1. The molecule has 2 bridgehead atoms. The number of amides is 1. The van der Waals surface area contributed by atoms with Crippen molar-refractivity contribution in [2.75, 3.05) is 19.6 Å². The maximum atomic E-state index is 12.6. The molecule has 3 heterocycles. The van der Waals surface area contributed by atoms with E-state index in [0.29, 0.717) is 18.3 Å². The largest absolute Gasteiger partial charge is 0.481 e. The number of aliphatic carboxylic acids is 1. The number of rotatable bonds is 4. The zero-order valence-electron chi connectivity index (χ0n) is 12.8. The highest BCUT2D eigenvalue weighted by Crippen LogP contribution is 2.39. The molecule has 4 rings (SSSR count). The highest BCUT2D eigenvalue weighted by molar-refractivity contribution is 5.85. The van der Waals surface area contributed by atoms with Crippen molar-refractivity contribution >= 4 is 11.9 Å². The number of nitrogens with one attached hydrogen (secondary N) is 1. The maximum Gasteiger partial charge on any atom is 0.307 e. The maximum absolute atomic E-state index is 12.6. The number of carbonyl (C=O) groups is 2. The van der Waals surface area contributed by atoms with Gasteiger partial charge in [-0.15, -0.1) is 0 Å². The first-order valence-electron chi connectivity index (χ1n) is 8.34. The molecule has 0 aromatic carbocycles. The number of nitrogens with zero attached hydrogens (tertiary/aromatic N) is 1. The number of fused-ring (bicyclic) bond motifs is 3. The van der Waals surface area contributed by atoms with Crippen LogP contribution in [0.25, 0.3) is 0 Å². The summed E-state index contributed by atoms with van der Waals surface area (Å²) in [4.78, 5) is 26.4. The summed E-state index contributed by atoms with van der Waals surface area (Å²) in [6.07, 6.45) is 4.68. The SMILES string of the molecule is CCC1CC(C(=O)O)C(C(=O)NC2CN3CCC2CC3)C1. The van der Waals surface area contributed by atoms with Gasteiger partial charge in [-0.2, -0.15) is 0 Å². The second-order valence-corrected chi connectivity index (χ2v) is 7.05. The Morgan fingerprint density at radius 3 is 2.38 bits per heavy atom. The van der Waals surface area contributed by atoms with E-state index in [2.05, 4.69) is 17.1 Å². The summed E-state index contributed by atoms with van der Waals surface area (Å²) in [5.41, 5.74) is 0. The lowest BCUT2D eigenvalue weighted by Crippen LogP contribution is -2.58. The second-order valence-electron chi connectivity index (χ2n) is 7.05. The molecule has 4 unspecified atom stereocenters. The standard InChI is InChI=1S/C16H26N2O3/c1-2-10-7-12(13(8-10)16(20)21)15(19)17-14-9-18-5-3-11(14)4-6-18/h10-14H,2-9H2,1H3,(H,17,19)(H,20,21). The molecule has 5 nitrogen and oxygen atoms in total. The van der Waals surface area contributed by atoms with Crippen molar-refractivity contribution in [1.29, 1.82) is 0 Å². The van der Waals surface area contributed by atoms with Crippen LogP contribution in [0.2, 0.25) is 0 Å². The van der Waals surface area contributed by atoms with E-state index in [4.69, 9.17) is 0 Å². The van der Waals surface area contributed by atoms with Gasteiger partial charge in [0.15, 0.2) is 0 Å². The summed E-state index contributed by atoms with van der Waals surface area (Å²) in [6.45, 7) is 5.32. The van der Waals surface area contributed by atoms with Crippen LogP contribution in [0, 0.1) is 23.7 Å². The van der Waals surface area contributed by atoms with Crippen molar-refractivity contribution < 1.29 is 14.7 Å². The summed E-state index contributed by atoms with van der Waals surface area (Å²) in [7, 11) is 0. The summed E-state index contributed by atoms with van der Waals surface area (Å²) in [5, 5.41) is 12.5. The normalized spacial score (nSPS) is 42.0. The van der Waals surface area contributed by atoms with Crippen molar-refractivity contribution in [3.63, 3.8) is 0 Å². The van der Waals surface area contributed by atoms with Gasteiger partial charge in [-0.25, -0.2) is 0 Å². The molecule has 1 amide bonds. The molecular weight excluding hydrogens is 268 g/mol. The molecule has 3 aliphatic heterocycles. The lowest BCUT2D eigenvalue weighted by atomic mass is 9.83. The Morgan fingerprint density at radius 2 is 1.86 bits per heavy atom. The van der Waals surface area contributed by atoms with Crippen molar-refractivity contribution in [2.45, 2.75) is 45.1 Å². The van der Waals surface area contributed by atoms with E-state index in [1.54, 1.807) is 0 Å². The van der Waals surface area contributed by atoms with Crippen LogP contribution in [0.1, 0.15) is 39.0 Å². The molecule has 0 radical (unpaired) electrons. The highest BCUT2D eigenvalue weighted by atomic mass is 16.4. The molecule has 5 heteroatoms. The van der Waals surface area contributed by atoms with Crippen LogP contribution in [0.3, 0.4) is 0 Å². The molecule has 4 aliphatic rings. The summed E-state index contributed by atoms with van der Waals surface area (Å²) >= 11 is 0. The topological polar surface area (TPSA) is 69.6 Å². The lowest BCUT2D eigenvalue weighted by molar-refractivity contribution is -0.146. The smallest absolute Gasteiger partial charge is 0.307 e. The average Bonchev–Trinajstić information content (AvgIpc) is 2.93. The molecule has 4 fully saturated rings. The number of carbonyl (C=O) groups excluding carboxylic acids is 1. The molecule has 2 N–H and O–H groups in total. The van der Waals surface area contributed by atoms with Crippen LogP contribution in [-0.2, 0) is 9.59 Å². The Morgan fingerprint density at radius 1 is 1.19 bits per heavy atom. The molecule has 21 heavy (non-hydrogen) atoms. The average molecular weight is 294 g/mol. The van der Waals surface area contributed by atoms with Gasteiger partial charge >= 0.3 is 5.97 Å². The summed E-state index contributed by atoms with van der Waals surface area (Å²) < 4.78 is 0. The van der Waals surface area contributed by atoms with Crippen LogP contribution < -0.4 is 5.32 Å². The third kappa shape index (κ3) is 2.93. The summed E-state index contributed by atoms with van der Waals surface area (Å²) in [6, 6.07) is 0.232. The van der Waals surface area contributed by atoms with Gasteiger partial charge in [-0.1, -0.05) is 13.3 Å². The van der Waals surface area contributed by atoms with E-state index in [1.807, 2.05) is 0 Å². The second kappa shape index (κ2) is 5.95. The highest BCUT2D eigenvalue weighted by Gasteiger charge is 2.43. The fourth-order valence-electron chi connectivity index (χ4n) is 4.46. The van der Waals surface area contributed by atoms with Crippen molar-refractivity contribution in [3.8, 4) is 0 Å². The number of carboxylic acids is 1. The van der Waals surface area contributed by atoms with Crippen LogP contribution in [-0.4, -0.2) is 47.6 Å². The Bertz CT molecular complexity index is 418. The van der Waals surface area contributed by atoms with Gasteiger partial charge in [-0.3, -0.25) is 9.59 Å². The molecular formula is C16H26N2O3. The molecule has 0 spiro atoms. The summed E-state index contributed by atoms with van der Waals surface area (Å²) in [5.74, 6) is -0.671. The van der Waals surface area contributed by atoms with Gasteiger partial charge in [0.05, 0.1) is 11.8 Å². The molecule has 4 atom stereocenters. The fourth-order valence-corrected chi connectivity index (χ4v) is 4.46. The van der Waals surface area contributed by atoms with E-state index < -0.39 is 11.9 Å². The Labute approximate surface area is 126 Å². The fraction of sp³-hybridized carbons (Fsp3) is 0.875. The molecule has 1 aliphatic carbocycles. The first-order valence-corrected chi connectivity index (χ1v) is 8.34. The zero-order chi connectivity index (χ0) is 15.0. The van der Waals surface area contributed by atoms with E-state index >= 15 is 0 Å². The van der Waals surface area contributed by atoms with E-state index in [9.17, 15) is 14.7 Å². The minimum Gasteiger partial charge on any atom is -0.481 e. The Kier molecular flexibility index (Phi) is 4.20. The third-order valence-electron chi connectivity index (χ3n) is 5.88. The number of piperidine rings is 3. The van der Waals surface area contributed by atoms with Gasteiger partial charge in [0.1, 0.15) is 0 Å². The van der Waals surface area contributed by atoms with Gasteiger partial charge in [0, 0.05) is 12.6 Å². The van der Waals surface area contributed by atoms with Crippen molar-refractivity contribution in [3.05, 3.63) is 0 Å². The van der Waals surface area contributed by atoms with Crippen molar-refractivity contribution in [1.82, 2.24) is 10.2 Å². The number of hydrogen-bond acceptors (Lipinski definition) is 3. The van der Waals surface area contributed by atoms with Gasteiger partial charge < -0.3 is 15.3 Å². The van der Waals surface area contributed by atoms with Crippen molar-refractivity contribution in [2.24, 2.45) is 23.7 Å². The molecule has 3 saturated heterocycles. The van der Waals surface area contributed by atoms with Crippen LogP contribution in [0.15, 0.2) is 0 Å². The third-order valence-corrected chi connectivity index (χ3v) is 5.88. The molecule has 0 aromatic heterocycles. The molecule has 0 aromatic rings. The van der Waals surface area contributed by atoms with E-state index in [0.717, 1.165) is 45.3 Å². The Balaban J connectivity index is 1.63. The minimum atomic E-state index is -0.806. The first kappa shape index (κ1) is 14.8.